The van der Waals surface area contributed by atoms with Gasteiger partial charge in [0.05, 0.1) is 23.8 Å². The van der Waals surface area contributed by atoms with Crippen LogP contribution in [0.3, 0.4) is 0 Å². The van der Waals surface area contributed by atoms with Crippen molar-refractivity contribution in [2.24, 2.45) is 0 Å². The second-order valence-electron chi connectivity index (χ2n) is 6.43. The Balaban J connectivity index is 1.66. The molecule has 1 N–H and O–H groups in total. The average molecular weight is 347 g/mol. The van der Waals surface area contributed by atoms with E-state index < -0.39 is 0 Å². The molecule has 1 aliphatic carbocycles. The topological polar surface area (TPSA) is 60.1 Å². The Hall–Kier alpha value is -1.69. The fourth-order valence-electron chi connectivity index (χ4n) is 3.21. The normalized spacial score (nSPS) is 16.5. The van der Waals surface area contributed by atoms with Gasteiger partial charge in [0.2, 0.25) is 5.91 Å². The molecule has 0 aliphatic heterocycles. The molecule has 130 valence electrons. The number of aryl methyl sites for hydroxylation is 1. The second-order valence-corrected chi connectivity index (χ2v) is 7.74. The SMILES string of the molecule is Cc1nc(SC(C)C(=O)NCc2ccco2)n(C2CCCC2)c1C. The molecule has 1 aliphatic rings. The number of aromatic nitrogens is 2. The van der Waals surface area contributed by atoms with Gasteiger partial charge in [-0.15, -0.1) is 0 Å². The molecular formula is C18H25N3O2S. The molecule has 1 fully saturated rings. The summed E-state index contributed by atoms with van der Waals surface area (Å²) >= 11 is 1.55. The van der Waals surface area contributed by atoms with Crippen LogP contribution in [0.15, 0.2) is 28.0 Å². The number of hydrogen-bond donors (Lipinski definition) is 1. The summed E-state index contributed by atoms with van der Waals surface area (Å²) in [5, 5.41) is 3.70. The molecule has 0 aromatic carbocycles. The molecule has 6 heteroatoms. The smallest absolute Gasteiger partial charge is 0.233 e. The third-order valence-corrected chi connectivity index (χ3v) is 5.78. The van der Waals surface area contributed by atoms with Gasteiger partial charge in [-0.2, -0.15) is 0 Å². The van der Waals surface area contributed by atoms with E-state index in [-0.39, 0.29) is 11.2 Å². The van der Waals surface area contributed by atoms with E-state index in [1.807, 2.05) is 26.0 Å². The van der Waals surface area contributed by atoms with E-state index in [4.69, 9.17) is 9.40 Å². The second kappa shape index (κ2) is 7.47. The zero-order chi connectivity index (χ0) is 17.1. The van der Waals surface area contributed by atoms with Crippen molar-refractivity contribution in [2.75, 3.05) is 0 Å². The maximum absolute atomic E-state index is 12.4. The molecule has 0 saturated heterocycles. The fourth-order valence-corrected chi connectivity index (χ4v) is 4.31. The van der Waals surface area contributed by atoms with E-state index in [0.29, 0.717) is 12.6 Å². The highest BCUT2D eigenvalue weighted by molar-refractivity contribution is 8.00. The molecule has 0 bridgehead atoms. The molecule has 2 heterocycles. The predicted molar refractivity (Wildman–Crippen MR) is 95.1 cm³/mol. The minimum atomic E-state index is -0.193. The lowest BCUT2D eigenvalue weighted by atomic mass is 10.2. The minimum Gasteiger partial charge on any atom is -0.467 e. The van der Waals surface area contributed by atoms with Gasteiger partial charge in [-0.05, 0) is 45.7 Å². The van der Waals surface area contributed by atoms with Crippen LogP contribution in [0.5, 0.6) is 0 Å². The first-order valence-electron chi connectivity index (χ1n) is 8.58. The molecule has 5 nitrogen and oxygen atoms in total. The Morgan fingerprint density at radius 1 is 1.46 bits per heavy atom. The third kappa shape index (κ3) is 3.69. The Morgan fingerprint density at radius 3 is 2.88 bits per heavy atom. The highest BCUT2D eigenvalue weighted by Crippen LogP contribution is 2.36. The van der Waals surface area contributed by atoms with Crippen molar-refractivity contribution in [3.8, 4) is 0 Å². The van der Waals surface area contributed by atoms with Gasteiger partial charge in [-0.1, -0.05) is 24.6 Å². The summed E-state index contributed by atoms with van der Waals surface area (Å²) < 4.78 is 7.60. The van der Waals surface area contributed by atoms with Crippen LogP contribution in [-0.4, -0.2) is 20.7 Å². The number of imidazole rings is 1. The number of thioether (sulfide) groups is 1. The van der Waals surface area contributed by atoms with Gasteiger partial charge >= 0.3 is 0 Å². The van der Waals surface area contributed by atoms with Crippen LogP contribution < -0.4 is 5.32 Å². The van der Waals surface area contributed by atoms with Gasteiger partial charge in [-0.3, -0.25) is 4.79 Å². The van der Waals surface area contributed by atoms with E-state index in [1.165, 1.54) is 31.4 Å². The first kappa shape index (κ1) is 17.1. The van der Waals surface area contributed by atoms with E-state index in [1.54, 1.807) is 18.0 Å². The van der Waals surface area contributed by atoms with Crippen LogP contribution in [-0.2, 0) is 11.3 Å². The highest BCUT2D eigenvalue weighted by atomic mass is 32.2. The zero-order valence-corrected chi connectivity index (χ0v) is 15.4. The number of carbonyl (C=O) groups excluding carboxylic acids is 1. The highest BCUT2D eigenvalue weighted by Gasteiger charge is 2.25. The average Bonchev–Trinajstić information content (AvgIpc) is 3.29. The number of furan rings is 1. The van der Waals surface area contributed by atoms with Crippen LogP contribution in [0.4, 0.5) is 0 Å². The number of amides is 1. The van der Waals surface area contributed by atoms with Crippen LogP contribution in [0.1, 0.15) is 55.8 Å². The molecule has 0 radical (unpaired) electrons. The molecule has 2 aromatic heterocycles. The first-order chi connectivity index (χ1) is 11.6. The van der Waals surface area contributed by atoms with Crippen molar-refractivity contribution in [1.29, 1.82) is 0 Å². The van der Waals surface area contributed by atoms with Gasteiger partial charge in [0.1, 0.15) is 5.76 Å². The van der Waals surface area contributed by atoms with Crippen LogP contribution >= 0.6 is 11.8 Å². The first-order valence-corrected chi connectivity index (χ1v) is 9.46. The molecule has 24 heavy (non-hydrogen) atoms. The number of nitrogens with one attached hydrogen (secondary N) is 1. The monoisotopic (exact) mass is 347 g/mol. The number of carbonyl (C=O) groups is 1. The molecule has 1 unspecified atom stereocenters. The standard InChI is InChI=1S/C18H25N3O2S/c1-12-13(2)21(15-7-4-5-8-15)18(20-12)24-14(3)17(22)19-11-16-9-6-10-23-16/h6,9-10,14-15H,4-5,7-8,11H2,1-3H3,(H,19,22). The lowest BCUT2D eigenvalue weighted by molar-refractivity contribution is -0.120. The summed E-state index contributed by atoms with van der Waals surface area (Å²) in [6.45, 7) is 6.53. The molecule has 1 atom stereocenters. The molecule has 3 rings (SSSR count). The van der Waals surface area contributed by atoms with Gasteiger partial charge in [-0.25, -0.2) is 4.98 Å². The van der Waals surface area contributed by atoms with E-state index in [0.717, 1.165) is 16.6 Å². The number of hydrogen-bond acceptors (Lipinski definition) is 4. The summed E-state index contributed by atoms with van der Waals surface area (Å²) in [6.07, 6.45) is 6.60. The summed E-state index contributed by atoms with van der Waals surface area (Å²) in [6, 6.07) is 4.22. The predicted octanol–water partition coefficient (Wildman–Crippen LogP) is 4.01. The van der Waals surface area contributed by atoms with Gasteiger partial charge < -0.3 is 14.3 Å². The van der Waals surface area contributed by atoms with Crippen LogP contribution in [0, 0.1) is 13.8 Å². The summed E-state index contributed by atoms with van der Waals surface area (Å²) in [4.78, 5) is 17.1. The Labute approximate surface area is 147 Å². The van der Waals surface area contributed by atoms with Crippen LogP contribution in [0.2, 0.25) is 0 Å². The van der Waals surface area contributed by atoms with Crippen molar-refractivity contribution >= 4 is 17.7 Å². The molecule has 0 spiro atoms. The maximum atomic E-state index is 12.4. The Bertz CT molecular complexity index is 687. The van der Waals surface area contributed by atoms with Crippen molar-refractivity contribution in [1.82, 2.24) is 14.9 Å². The van der Waals surface area contributed by atoms with Gasteiger partial charge in [0, 0.05) is 11.7 Å². The van der Waals surface area contributed by atoms with Gasteiger partial charge in [0.15, 0.2) is 5.16 Å². The largest absolute Gasteiger partial charge is 0.467 e. The summed E-state index contributed by atoms with van der Waals surface area (Å²) in [7, 11) is 0. The van der Waals surface area contributed by atoms with E-state index >= 15 is 0 Å². The lowest BCUT2D eigenvalue weighted by Crippen LogP contribution is -2.30. The molecule has 2 aromatic rings. The Morgan fingerprint density at radius 2 is 2.21 bits per heavy atom. The number of nitrogens with zero attached hydrogens (tertiary/aromatic N) is 2. The third-order valence-electron chi connectivity index (χ3n) is 4.71. The quantitative estimate of drug-likeness (QED) is 0.802. The minimum absolute atomic E-state index is 0.00711. The summed E-state index contributed by atoms with van der Waals surface area (Å²) in [5.41, 5.74) is 2.29. The maximum Gasteiger partial charge on any atom is 0.233 e. The summed E-state index contributed by atoms with van der Waals surface area (Å²) in [5.74, 6) is 0.771. The molecule has 1 saturated carbocycles. The van der Waals surface area contributed by atoms with Crippen LogP contribution in [0.25, 0.3) is 0 Å². The van der Waals surface area contributed by atoms with Gasteiger partial charge in [0.25, 0.3) is 0 Å². The molecular weight excluding hydrogens is 322 g/mol. The molecule has 1 amide bonds. The van der Waals surface area contributed by atoms with Crippen molar-refractivity contribution in [3.63, 3.8) is 0 Å². The van der Waals surface area contributed by atoms with E-state index in [2.05, 4.69) is 16.8 Å². The fraction of sp³-hybridized carbons (Fsp3) is 0.556. The van der Waals surface area contributed by atoms with Crippen molar-refractivity contribution < 1.29 is 9.21 Å². The van der Waals surface area contributed by atoms with Crippen molar-refractivity contribution in [3.05, 3.63) is 35.5 Å². The van der Waals surface area contributed by atoms with Crippen molar-refractivity contribution in [2.45, 2.75) is 69.4 Å². The zero-order valence-electron chi connectivity index (χ0n) is 14.5. The lowest BCUT2D eigenvalue weighted by Gasteiger charge is -2.18. The number of rotatable bonds is 6. The van der Waals surface area contributed by atoms with E-state index in [9.17, 15) is 4.79 Å². The Kier molecular flexibility index (Phi) is 5.33.